The highest BCUT2D eigenvalue weighted by molar-refractivity contribution is 9.10. The Labute approximate surface area is 140 Å². The third-order valence-electron chi connectivity index (χ3n) is 3.99. The fourth-order valence-electron chi connectivity index (χ4n) is 2.81. The van der Waals surface area contributed by atoms with Gasteiger partial charge < -0.3 is 5.32 Å². The minimum atomic E-state index is -0.147. The smallest absolute Gasteiger partial charge is 0.123 e. The summed E-state index contributed by atoms with van der Waals surface area (Å²) in [6, 6.07) is 5.40. The molecule has 1 N–H and O–H groups in total. The summed E-state index contributed by atoms with van der Waals surface area (Å²) >= 11 is 5.64. The maximum atomic E-state index is 13.4. The fourth-order valence-corrected chi connectivity index (χ4v) is 4.63. The molecule has 0 heterocycles. The van der Waals surface area contributed by atoms with Gasteiger partial charge in [0.05, 0.1) is 0 Å². The third-order valence-corrected chi connectivity index (χ3v) is 6.30. The Kier molecular flexibility index (Phi) is 7.55. The molecule has 0 spiro atoms. The Morgan fingerprint density at radius 2 is 2.14 bits per heavy atom. The van der Waals surface area contributed by atoms with Gasteiger partial charge >= 0.3 is 0 Å². The molecule has 1 aromatic carbocycles. The highest BCUT2D eigenvalue weighted by atomic mass is 79.9. The minimum absolute atomic E-state index is 0.147. The van der Waals surface area contributed by atoms with Crippen LogP contribution in [0, 0.1) is 5.82 Å². The van der Waals surface area contributed by atoms with E-state index in [4.69, 9.17) is 0 Å². The van der Waals surface area contributed by atoms with E-state index in [0.717, 1.165) is 40.4 Å². The fraction of sp³-hybridized carbons (Fsp3) is 0.647. The molecular weight excluding hydrogens is 349 g/mol. The molecule has 21 heavy (non-hydrogen) atoms. The molecule has 1 unspecified atom stereocenters. The van der Waals surface area contributed by atoms with Crippen LogP contribution in [0.1, 0.15) is 44.6 Å². The van der Waals surface area contributed by atoms with Gasteiger partial charge in [0.15, 0.2) is 0 Å². The lowest BCUT2D eigenvalue weighted by Gasteiger charge is -2.21. The predicted octanol–water partition coefficient (Wildman–Crippen LogP) is 5.17. The van der Waals surface area contributed by atoms with E-state index in [-0.39, 0.29) is 5.82 Å². The van der Waals surface area contributed by atoms with Gasteiger partial charge in [0.25, 0.3) is 0 Å². The van der Waals surface area contributed by atoms with Gasteiger partial charge in [0, 0.05) is 21.5 Å². The van der Waals surface area contributed by atoms with E-state index < -0.39 is 0 Å². The summed E-state index contributed by atoms with van der Waals surface area (Å²) in [4.78, 5) is 0. The first-order valence-corrected chi connectivity index (χ1v) is 9.82. The highest BCUT2D eigenvalue weighted by Crippen LogP contribution is 2.30. The summed E-state index contributed by atoms with van der Waals surface area (Å²) in [7, 11) is 0. The van der Waals surface area contributed by atoms with Crippen LogP contribution in [0.15, 0.2) is 22.7 Å². The first-order valence-electron chi connectivity index (χ1n) is 7.98. The molecule has 0 aromatic heterocycles. The van der Waals surface area contributed by atoms with Crippen LogP contribution in [0.3, 0.4) is 0 Å². The summed E-state index contributed by atoms with van der Waals surface area (Å²) < 4.78 is 14.4. The summed E-state index contributed by atoms with van der Waals surface area (Å²) in [5.41, 5.74) is 1.07. The van der Waals surface area contributed by atoms with Crippen molar-refractivity contribution >= 4 is 27.7 Å². The van der Waals surface area contributed by atoms with Gasteiger partial charge in [-0.25, -0.2) is 4.39 Å². The zero-order valence-electron chi connectivity index (χ0n) is 12.7. The molecule has 1 nitrogen and oxygen atoms in total. The van der Waals surface area contributed by atoms with Crippen molar-refractivity contribution in [1.29, 1.82) is 0 Å². The molecule has 0 amide bonds. The largest absolute Gasteiger partial charge is 0.313 e. The molecule has 1 aromatic rings. The normalized spacial score (nSPS) is 17.3. The molecule has 1 atom stereocenters. The quantitative estimate of drug-likeness (QED) is 0.673. The monoisotopic (exact) mass is 373 g/mol. The first kappa shape index (κ1) is 17.3. The van der Waals surface area contributed by atoms with Crippen molar-refractivity contribution in [2.45, 2.75) is 56.7 Å². The number of hydrogen-bond acceptors (Lipinski definition) is 2. The number of hydrogen-bond donors (Lipinski definition) is 1. The van der Waals surface area contributed by atoms with E-state index in [1.807, 2.05) is 6.07 Å². The zero-order valence-corrected chi connectivity index (χ0v) is 15.1. The van der Waals surface area contributed by atoms with Gasteiger partial charge in [-0.1, -0.05) is 35.7 Å². The van der Waals surface area contributed by atoms with Crippen LogP contribution in [-0.2, 0) is 6.42 Å². The molecule has 1 aliphatic rings. The lowest BCUT2D eigenvalue weighted by atomic mass is 10.1. The number of benzene rings is 1. The van der Waals surface area contributed by atoms with Crippen molar-refractivity contribution in [3.8, 4) is 0 Å². The van der Waals surface area contributed by atoms with E-state index in [0.29, 0.717) is 6.04 Å². The standard InChI is InChI=1S/C17H25BrFNS/c1-2-9-20-15(12-21-16-5-3-4-6-16)11-13-10-14(19)7-8-17(13)18/h7-8,10,15-16,20H,2-6,9,11-12H2,1H3. The van der Waals surface area contributed by atoms with Crippen molar-refractivity contribution in [3.05, 3.63) is 34.1 Å². The van der Waals surface area contributed by atoms with Crippen LogP contribution in [-0.4, -0.2) is 23.6 Å². The van der Waals surface area contributed by atoms with E-state index in [9.17, 15) is 4.39 Å². The van der Waals surface area contributed by atoms with Gasteiger partial charge in [0.1, 0.15) is 5.82 Å². The van der Waals surface area contributed by atoms with Crippen molar-refractivity contribution in [3.63, 3.8) is 0 Å². The summed E-state index contributed by atoms with van der Waals surface area (Å²) in [5, 5.41) is 4.46. The van der Waals surface area contributed by atoms with Crippen LogP contribution >= 0.6 is 27.7 Å². The molecule has 0 saturated heterocycles. The average Bonchev–Trinajstić information content (AvgIpc) is 2.99. The van der Waals surface area contributed by atoms with Crippen molar-refractivity contribution < 1.29 is 4.39 Å². The maximum absolute atomic E-state index is 13.4. The Hall–Kier alpha value is -0.0600. The van der Waals surface area contributed by atoms with E-state index in [2.05, 4.69) is 39.9 Å². The van der Waals surface area contributed by atoms with E-state index in [1.54, 1.807) is 6.07 Å². The van der Waals surface area contributed by atoms with Crippen molar-refractivity contribution in [1.82, 2.24) is 5.32 Å². The van der Waals surface area contributed by atoms with Gasteiger partial charge in [-0.3, -0.25) is 0 Å². The highest BCUT2D eigenvalue weighted by Gasteiger charge is 2.18. The van der Waals surface area contributed by atoms with Crippen LogP contribution < -0.4 is 5.32 Å². The maximum Gasteiger partial charge on any atom is 0.123 e. The molecular formula is C17H25BrFNS. The number of halogens is 2. The summed E-state index contributed by atoms with van der Waals surface area (Å²) in [6.45, 7) is 3.22. The Balaban J connectivity index is 1.92. The van der Waals surface area contributed by atoms with Gasteiger partial charge in [-0.15, -0.1) is 0 Å². The lowest BCUT2D eigenvalue weighted by Crippen LogP contribution is -2.34. The van der Waals surface area contributed by atoms with Crippen molar-refractivity contribution in [2.75, 3.05) is 12.3 Å². The van der Waals surface area contributed by atoms with Crippen LogP contribution in [0.4, 0.5) is 4.39 Å². The molecule has 0 bridgehead atoms. The first-order chi connectivity index (χ1) is 10.2. The molecule has 1 aliphatic carbocycles. The average molecular weight is 374 g/mol. The zero-order chi connectivity index (χ0) is 15.1. The Bertz CT molecular complexity index is 435. The van der Waals surface area contributed by atoms with Crippen LogP contribution in [0.5, 0.6) is 0 Å². The third kappa shape index (κ3) is 5.91. The number of thioether (sulfide) groups is 1. The Morgan fingerprint density at radius 1 is 1.38 bits per heavy atom. The summed E-state index contributed by atoms with van der Waals surface area (Å²) in [5.74, 6) is 0.971. The molecule has 0 aliphatic heterocycles. The van der Waals surface area contributed by atoms with Gasteiger partial charge in [-0.05, 0) is 56.0 Å². The minimum Gasteiger partial charge on any atom is -0.313 e. The lowest BCUT2D eigenvalue weighted by molar-refractivity contribution is 0.546. The molecule has 4 heteroatoms. The van der Waals surface area contributed by atoms with Crippen molar-refractivity contribution in [2.24, 2.45) is 0 Å². The molecule has 1 saturated carbocycles. The topological polar surface area (TPSA) is 12.0 Å². The van der Waals surface area contributed by atoms with Gasteiger partial charge in [0.2, 0.25) is 0 Å². The molecule has 2 rings (SSSR count). The van der Waals surface area contributed by atoms with Crippen LogP contribution in [0.25, 0.3) is 0 Å². The summed E-state index contributed by atoms with van der Waals surface area (Å²) in [6.07, 6.45) is 7.54. The molecule has 1 fully saturated rings. The molecule has 0 radical (unpaired) electrons. The Morgan fingerprint density at radius 3 is 2.86 bits per heavy atom. The number of rotatable bonds is 8. The molecule has 118 valence electrons. The number of nitrogens with one attached hydrogen (secondary N) is 1. The van der Waals surface area contributed by atoms with E-state index in [1.165, 1.54) is 31.7 Å². The van der Waals surface area contributed by atoms with Crippen LogP contribution in [0.2, 0.25) is 0 Å². The SMILES string of the molecule is CCCNC(CSC1CCCC1)Cc1cc(F)ccc1Br. The second kappa shape index (κ2) is 9.16. The van der Waals surface area contributed by atoms with E-state index >= 15 is 0 Å². The van der Waals surface area contributed by atoms with Gasteiger partial charge in [-0.2, -0.15) is 11.8 Å². The second-order valence-corrected chi connectivity index (χ2v) is 8.02. The predicted molar refractivity (Wildman–Crippen MR) is 94.6 cm³/mol. The second-order valence-electron chi connectivity index (χ2n) is 5.83.